The molecule has 0 aromatic carbocycles. The number of aliphatic hydroxyl groups excluding tert-OH is 1. The SMILES string of the molecule is CCN=C=NCCCN(C)C.O=C1CC(O)C(=O)N1. The van der Waals surface area contributed by atoms with E-state index in [1.54, 1.807) is 0 Å². The van der Waals surface area contributed by atoms with Crippen molar-refractivity contribution >= 4 is 17.8 Å². The van der Waals surface area contributed by atoms with Crippen LogP contribution in [0.3, 0.4) is 0 Å². The molecule has 0 spiro atoms. The van der Waals surface area contributed by atoms with Crippen LogP contribution < -0.4 is 5.32 Å². The van der Waals surface area contributed by atoms with Crippen LogP contribution in [0.5, 0.6) is 0 Å². The second kappa shape index (κ2) is 10.4. The number of rotatable bonds is 5. The van der Waals surface area contributed by atoms with E-state index >= 15 is 0 Å². The van der Waals surface area contributed by atoms with Crippen LogP contribution in [0.15, 0.2) is 9.98 Å². The number of aliphatic imine (C=N–C) groups is 2. The number of hydrogen-bond acceptors (Lipinski definition) is 6. The largest absolute Gasteiger partial charge is 0.383 e. The predicted molar refractivity (Wildman–Crippen MR) is 72.2 cm³/mol. The first-order valence-corrected chi connectivity index (χ1v) is 6.21. The molecule has 1 atom stereocenters. The lowest BCUT2D eigenvalue weighted by molar-refractivity contribution is -0.127. The van der Waals surface area contributed by atoms with Crippen LogP contribution in [0.1, 0.15) is 19.8 Å². The predicted octanol–water partition coefficient (Wildman–Crippen LogP) is -0.474. The van der Waals surface area contributed by atoms with E-state index in [-0.39, 0.29) is 6.42 Å². The van der Waals surface area contributed by atoms with Gasteiger partial charge in [0.05, 0.1) is 19.0 Å². The summed E-state index contributed by atoms with van der Waals surface area (Å²) in [5.41, 5.74) is 0. The van der Waals surface area contributed by atoms with E-state index < -0.39 is 17.9 Å². The normalized spacial score (nSPS) is 17.4. The van der Waals surface area contributed by atoms with Crippen LogP contribution in [-0.2, 0) is 9.59 Å². The van der Waals surface area contributed by atoms with Crippen LogP contribution in [0.25, 0.3) is 0 Å². The Morgan fingerprint density at radius 1 is 1.42 bits per heavy atom. The molecule has 0 aromatic heterocycles. The molecule has 7 heteroatoms. The van der Waals surface area contributed by atoms with Gasteiger partial charge in [0, 0.05) is 6.54 Å². The van der Waals surface area contributed by atoms with Gasteiger partial charge in [-0.15, -0.1) is 0 Å². The maximum absolute atomic E-state index is 10.2. The second-order valence-corrected chi connectivity index (χ2v) is 4.25. The smallest absolute Gasteiger partial charge is 0.255 e. The summed E-state index contributed by atoms with van der Waals surface area (Å²) in [7, 11) is 4.12. The summed E-state index contributed by atoms with van der Waals surface area (Å²) < 4.78 is 0. The van der Waals surface area contributed by atoms with Crippen molar-refractivity contribution in [2.24, 2.45) is 9.98 Å². The van der Waals surface area contributed by atoms with Gasteiger partial charge in [-0.3, -0.25) is 14.9 Å². The van der Waals surface area contributed by atoms with E-state index in [0.717, 1.165) is 26.1 Å². The zero-order valence-electron chi connectivity index (χ0n) is 11.7. The van der Waals surface area contributed by atoms with Gasteiger partial charge in [-0.1, -0.05) is 0 Å². The molecule has 1 aliphatic heterocycles. The average Bonchev–Trinajstić information content (AvgIpc) is 2.61. The van der Waals surface area contributed by atoms with E-state index in [2.05, 4.69) is 35.0 Å². The first-order valence-electron chi connectivity index (χ1n) is 6.21. The topological polar surface area (TPSA) is 94.4 Å². The zero-order valence-corrected chi connectivity index (χ0v) is 11.7. The van der Waals surface area contributed by atoms with Crippen molar-refractivity contribution in [1.82, 2.24) is 10.2 Å². The first kappa shape index (κ1) is 17.4. The third-order valence-electron chi connectivity index (χ3n) is 2.12. The Morgan fingerprint density at radius 2 is 2.11 bits per heavy atom. The summed E-state index contributed by atoms with van der Waals surface area (Å²) in [5.74, 6) is -0.988. The molecule has 2 N–H and O–H groups in total. The van der Waals surface area contributed by atoms with Gasteiger partial charge in [-0.05, 0) is 34.0 Å². The van der Waals surface area contributed by atoms with Crippen LogP contribution in [0.2, 0.25) is 0 Å². The standard InChI is InChI=1S/C8H17N3.C4H5NO3/c1-4-9-8-10-6-5-7-11(2)3;6-2-1-3(7)5-4(2)8/h4-7H2,1-3H3;2,6H,1H2,(H,5,7,8). The summed E-state index contributed by atoms with van der Waals surface area (Å²) in [4.78, 5) is 30.4. The fourth-order valence-corrected chi connectivity index (χ4v) is 1.18. The molecule has 0 aliphatic carbocycles. The number of nitrogens with one attached hydrogen (secondary N) is 1. The van der Waals surface area contributed by atoms with Gasteiger partial charge in [0.15, 0.2) is 0 Å². The fourth-order valence-electron chi connectivity index (χ4n) is 1.18. The molecular formula is C12H22N4O3. The molecule has 7 nitrogen and oxygen atoms in total. The van der Waals surface area contributed by atoms with Crippen molar-refractivity contribution in [3.63, 3.8) is 0 Å². The minimum absolute atomic E-state index is 0.0845. The Bertz CT molecular complexity index is 349. The summed E-state index contributed by atoms with van der Waals surface area (Å²) in [6.07, 6.45) is -0.111. The zero-order chi connectivity index (χ0) is 14.7. The maximum atomic E-state index is 10.2. The Kier molecular flexibility index (Phi) is 9.52. The molecule has 1 aliphatic rings. The molecule has 0 radical (unpaired) electrons. The van der Waals surface area contributed by atoms with Crippen molar-refractivity contribution < 1.29 is 14.7 Å². The molecule has 1 heterocycles. The lowest BCUT2D eigenvalue weighted by atomic mass is 10.3. The van der Waals surface area contributed by atoms with Crippen molar-refractivity contribution in [2.75, 3.05) is 33.7 Å². The van der Waals surface area contributed by atoms with Crippen molar-refractivity contribution in [3.05, 3.63) is 0 Å². The summed E-state index contributed by atoms with van der Waals surface area (Å²) in [6.45, 7) is 4.67. The van der Waals surface area contributed by atoms with Crippen LogP contribution in [0.4, 0.5) is 0 Å². The highest BCUT2D eigenvalue weighted by Gasteiger charge is 2.27. The molecule has 0 saturated carbocycles. The molecule has 0 bridgehead atoms. The molecule has 108 valence electrons. The van der Waals surface area contributed by atoms with E-state index in [1.807, 2.05) is 12.2 Å². The third kappa shape index (κ3) is 10.1. The average molecular weight is 270 g/mol. The summed E-state index contributed by atoms with van der Waals surface area (Å²) in [5, 5.41) is 10.5. The third-order valence-corrected chi connectivity index (χ3v) is 2.12. The van der Waals surface area contributed by atoms with Gasteiger partial charge < -0.3 is 10.0 Å². The van der Waals surface area contributed by atoms with Gasteiger partial charge in [0.1, 0.15) is 6.10 Å². The Balaban J connectivity index is 0.000000356. The molecule has 1 unspecified atom stereocenters. The Morgan fingerprint density at radius 3 is 2.47 bits per heavy atom. The number of amides is 2. The lowest BCUT2D eigenvalue weighted by Crippen LogP contribution is -2.24. The Hall–Kier alpha value is -1.56. The number of carbonyl (C=O) groups excluding carboxylic acids is 2. The quantitative estimate of drug-likeness (QED) is 0.401. The summed E-state index contributed by atoms with van der Waals surface area (Å²) >= 11 is 0. The van der Waals surface area contributed by atoms with E-state index in [0.29, 0.717) is 0 Å². The number of imide groups is 1. The van der Waals surface area contributed by atoms with Crippen LogP contribution in [-0.4, -0.2) is 67.7 Å². The fraction of sp³-hybridized carbons (Fsp3) is 0.750. The van der Waals surface area contributed by atoms with Gasteiger partial charge in [0.25, 0.3) is 5.91 Å². The molecule has 1 rings (SSSR count). The highest BCUT2D eigenvalue weighted by Crippen LogP contribution is 1.98. The molecule has 2 amide bonds. The minimum atomic E-state index is -1.11. The number of hydrogen-bond donors (Lipinski definition) is 2. The van der Waals surface area contributed by atoms with Gasteiger partial charge in [0.2, 0.25) is 5.91 Å². The summed E-state index contributed by atoms with van der Waals surface area (Å²) in [6, 6.07) is 2.64. The molecule has 1 fully saturated rings. The number of carbonyl (C=O) groups is 2. The van der Waals surface area contributed by atoms with Crippen molar-refractivity contribution in [3.8, 4) is 0 Å². The number of aliphatic hydroxyl groups is 1. The molecule has 0 aromatic rings. The molecule has 1 saturated heterocycles. The van der Waals surface area contributed by atoms with E-state index in [4.69, 9.17) is 5.11 Å². The van der Waals surface area contributed by atoms with Crippen LogP contribution in [0, 0.1) is 0 Å². The monoisotopic (exact) mass is 270 g/mol. The van der Waals surface area contributed by atoms with Crippen molar-refractivity contribution in [2.45, 2.75) is 25.9 Å². The second-order valence-electron chi connectivity index (χ2n) is 4.25. The lowest BCUT2D eigenvalue weighted by Gasteiger charge is -2.05. The van der Waals surface area contributed by atoms with Gasteiger partial charge >= 0.3 is 0 Å². The maximum Gasteiger partial charge on any atom is 0.255 e. The molecular weight excluding hydrogens is 248 g/mol. The highest BCUT2D eigenvalue weighted by molar-refractivity contribution is 6.04. The van der Waals surface area contributed by atoms with Crippen molar-refractivity contribution in [1.29, 1.82) is 0 Å². The number of nitrogens with zero attached hydrogens (tertiary/aromatic N) is 3. The van der Waals surface area contributed by atoms with Gasteiger partial charge in [-0.2, -0.15) is 0 Å². The minimum Gasteiger partial charge on any atom is -0.383 e. The van der Waals surface area contributed by atoms with E-state index in [9.17, 15) is 9.59 Å². The van der Waals surface area contributed by atoms with E-state index in [1.165, 1.54) is 0 Å². The highest BCUT2D eigenvalue weighted by atomic mass is 16.3. The Labute approximate surface area is 113 Å². The van der Waals surface area contributed by atoms with Gasteiger partial charge in [-0.25, -0.2) is 9.98 Å². The first-order chi connectivity index (χ1) is 8.97. The van der Waals surface area contributed by atoms with Crippen LogP contribution >= 0.6 is 0 Å². The molecule has 19 heavy (non-hydrogen) atoms.